The highest BCUT2D eigenvalue weighted by Crippen LogP contribution is 2.15. The Kier molecular flexibility index (Phi) is 7.66. The second-order valence-electron chi connectivity index (χ2n) is 6.50. The average molecular weight is 357 g/mol. The van der Waals surface area contributed by atoms with Gasteiger partial charge in [0.25, 0.3) is 0 Å². The smallest absolute Gasteiger partial charge is 0.191 e. The van der Waals surface area contributed by atoms with Crippen LogP contribution in [-0.4, -0.2) is 44.5 Å². The molecule has 7 heteroatoms. The second-order valence-corrected chi connectivity index (χ2v) is 9.36. The van der Waals surface area contributed by atoms with Crippen molar-refractivity contribution in [1.29, 1.82) is 0 Å². The minimum Gasteiger partial charge on any atom is -0.357 e. The van der Waals surface area contributed by atoms with Crippen LogP contribution in [0.15, 0.2) is 29.3 Å². The molecule has 24 heavy (non-hydrogen) atoms. The van der Waals surface area contributed by atoms with E-state index in [0.717, 1.165) is 5.56 Å². The summed E-state index contributed by atoms with van der Waals surface area (Å²) in [4.78, 5) is 4.30. The third-order valence-electron chi connectivity index (χ3n) is 3.50. The van der Waals surface area contributed by atoms with Crippen LogP contribution >= 0.6 is 0 Å². The number of hydrogen-bond acceptors (Lipinski definition) is 3. The first-order valence-electron chi connectivity index (χ1n) is 8.14. The second kappa shape index (κ2) is 9.01. The molecule has 0 aromatic heterocycles. The molecule has 1 aromatic rings. The highest BCUT2D eigenvalue weighted by atomic mass is 32.2. The zero-order chi connectivity index (χ0) is 18.2. The van der Waals surface area contributed by atoms with Gasteiger partial charge >= 0.3 is 0 Å². The maximum absolute atomic E-state index is 13.1. The van der Waals surface area contributed by atoms with Crippen molar-refractivity contribution in [3.8, 4) is 0 Å². The number of aliphatic imine (C=N–C) groups is 1. The maximum atomic E-state index is 13.1. The van der Waals surface area contributed by atoms with E-state index in [0.29, 0.717) is 25.5 Å². The summed E-state index contributed by atoms with van der Waals surface area (Å²) in [6, 6.07) is 6.46. The van der Waals surface area contributed by atoms with Gasteiger partial charge in [0.15, 0.2) is 15.8 Å². The van der Waals surface area contributed by atoms with Crippen molar-refractivity contribution >= 4 is 15.8 Å². The van der Waals surface area contributed by atoms with E-state index in [1.807, 2.05) is 13.0 Å². The van der Waals surface area contributed by atoms with E-state index in [-0.39, 0.29) is 18.1 Å². The van der Waals surface area contributed by atoms with Crippen molar-refractivity contribution < 1.29 is 12.8 Å². The van der Waals surface area contributed by atoms with E-state index in [1.54, 1.807) is 26.8 Å². The van der Waals surface area contributed by atoms with Gasteiger partial charge in [0.05, 0.1) is 17.0 Å². The number of guanidine groups is 1. The molecule has 0 atom stereocenters. The first kappa shape index (κ1) is 20.4. The molecule has 0 saturated heterocycles. The van der Waals surface area contributed by atoms with E-state index in [1.165, 1.54) is 12.1 Å². The average Bonchev–Trinajstić information content (AvgIpc) is 2.46. The van der Waals surface area contributed by atoms with Gasteiger partial charge in [-0.1, -0.05) is 12.1 Å². The summed E-state index contributed by atoms with van der Waals surface area (Å²) in [7, 11) is -3.18. The van der Waals surface area contributed by atoms with Crippen LogP contribution in [0.2, 0.25) is 0 Å². The van der Waals surface area contributed by atoms with E-state index >= 15 is 0 Å². The Morgan fingerprint density at radius 1 is 1.25 bits per heavy atom. The lowest BCUT2D eigenvalue weighted by Gasteiger charge is -2.18. The van der Waals surface area contributed by atoms with Crippen LogP contribution in [0, 0.1) is 5.82 Å². The largest absolute Gasteiger partial charge is 0.357 e. The SMILES string of the molecule is CCNC(=NCCS(=O)(=O)C(C)(C)C)NCCc1cccc(F)c1. The predicted octanol–water partition coefficient (Wildman–Crippen LogP) is 2.14. The molecule has 2 N–H and O–H groups in total. The molecule has 0 aliphatic heterocycles. The summed E-state index contributed by atoms with van der Waals surface area (Å²) in [5.41, 5.74) is 0.897. The van der Waals surface area contributed by atoms with Crippen LogP contribution in [-0.2, 0) is 16.3 Å². The Labute approximate surface area is 144 Å². The molecular weight excluding hydrogens is 329 g/mol. The Hall–Kier alpha value is -1.63. The van der Waals surface area contributed by atoms with E-state index < -0.39 is 14.6 Å². The van der Waals surface area contributed by atoms with E-state index in [4.69, 9.17) is 0 Å². The summed E-state index contributed by atoms with van der Waals surface area (Å²) in [6.45, 7) is 8.47. The predicted molar refractivity (Wildman–Crippen MR) is 97.6 cm³/mol. The molecule has 1 aromatic carbocycles. The Morgan fingerprint density at radius 2 is 1.96 bits per heavy atom. The van der Waals surface area contributed by atoms with Gasteiger partial charge in [0.1, 0.15) is 5.82 Å². The normalized spacial score (nSPS) is 13.0. The quantitative estimate of drug-likeness (QED) is 0.579. The van der Waals surface area contributed by atoms with Gasteiger partial charge in [0.2, 0.25) is 0 Å². The third kappa shape index (κ3) is 6.86. The number of rotatable bonds is 7. The van der Waals surface area contributed by atoms with Crippen molar-refractivity contribution in [2.45, 2.75) is 38.9 Å². The van der Waals surface area contributed by atoms with Crippen molar-refractivity contribution in [2.75, 3.05) is 25.4 Å². The zero-order valence-corrected chi connectivity index (χ0v) is 15.7. The van der Waals surface area contributed by atoms with Gasteiger partial charge in [-0.2, -0.15) is 0 Å². The minimum atomic E-state index is -3.18. The van der Waals surface area contributed by atoms with Crippen LogP contribution in [0.5, 0.6) is 0 Å². The number of hydrogen-bond donors (Lipinski definition) is 2. The van der Waals surface area contributed by atoms with Crippen LogP contribution in [0.25, 0.3) is 0 Å². The number of benzene rings is 1. The van der Waals surface area contributed by atoms with Gasteiger partial charge in [0, 0.05) is 13.1 Å². The van der Waals surface area contributed by atoms with Crippen LogP contribution in [0.1, 0.15) is 33.3 Å². The molecule has 5 nitrogen and oxygen atoms in total. The van der Waals surface area contributed by atoms with Gasteiger partial charge < -0.3 is 10.6 Å². The van der Waals surface area contributed by atoms with Gasteiger partial charge in [-0.3, -0.25) is 4.99 Å². The first-order valence-corrected chi connectivity index (χ1v) is 9.80. The lowest BCUT2D eigenvalue weighted by Crippen LogP contribution is -2.39. The minimum absolute atomic E-state index is 0.0109. The molecule has 136 valence electrons. The molecule has 0 spiro atoms. The summed E-state index contributed by atoms with van der Waals surface area (Å²) in [5.74, 6) is 0.329. The summed E-state index contributed by atoms with van der Waals surface area (Å²) in [6.07, 6.45) is 0.655. The van der Waals surface area contributed by atoms with Crippen molar-refractivity contribution in [1.82, 2.24) is 10.6 Å². The van der Waals surface area contributed by atoms with Crippen molar-refractivity contribution in [3.05, 3.63) is 35.6 Å². The van der Waals surface area contributed by atoms with Crippen LogP contribution in [0.3, 0.4) is 0 Å². The fraction of sp³-hybridized carbons (Fsp3) is 0.588. The summed E-state index contributed by atoms with van der Waals surface area (Å²) >= 11 is 0. The molecule has 0 radical (unpaired) electrons. The number of nitrogens with one attached hydrogen (secondary N) is 2. The van der Waals surface area contributed by atoms with E-state index in [2.05, 4.69) is 15.6 Å². The molecule has 0 heterocycles. The van der Waals surface area contributed by atoms with Crippen LogP contribution in [0.4, 0.5) is 4.39 Å². The molecule has 0 aliphatic rings. The number of sulfone groups is 1. The summed E-state index contributed by atoms with van der Waals surface area (Å²) < 4.78 is 36.5. The molecule has 0 unspecified atom stereocenters. The van der Waals surface area contributed by atoms with Crippen molar-refractivity contribution in [3.63, 3.8) is 0 Å². The fourth-order valence-corrected chi connectivity index (χ4v) is 2.89. The van der Waals surface area contributed by atoms with E-state index in [9.17, 15) is 12.8 Å². The van der Waals surface area contributed by atoms with Gasteiger partial charge in [-0.25, -0.2) is 12.8 Å². The van der Waals surface area contributed by atoms with Gasteiger partial charge in [-0.05, 0) is 51.8 Å². The highest BCUT2D eigenvalue weighted by Gasteiger charge is 2.28. The standard InChI is InChI=1S/C17H28FN3O2S/c1-5-19-16(21-11-12-24(22,23)17(2,3)4)20-10-9-14-7-6-8-15(18)13-14/h6-8,13H,5,9-12H2,1-4H3,(H2,19,20,21). The molecule has 0 aliphatic carbocycles. The molecule has 0 bridgehead atoms. The molecule has 0 fully saturated rings. The molecule has 0 amide bonds. The van der Waals surface area contributed by atoms with Gasteiger partial charge in [-0.15, -0.1) is 0 Å². The Bertz CT molecular complexity index is 652. The third-order valence-corrected chi connectivity index (χ3v) is 6.09. The zero-order valence-electron chi connectivity index (χ0n) is 14.9. The summed E-state index contributed by atoms with van der Waals surface area (Å²) in [5, 5.41) is 6.21. The lowest BCUT2D eigenvalue weighted by atomic mass is 10.1. The molecule has 0 saturated carbocycles. The fourth-order valence-electron chi connectivity index (χ4n) is 1.94. The maximum Gasteiger partial charge on any atom is 0.191 e. The topological polar surface area (TPSA) is 70.6 Å². The lowest BCUT2D eigenvalue weighted by molar-refractivity contribution is 0.560. The highest BCUT2D eigenvalue weighted by molar-refractivity contribution is 7.92. The Balaban J connectivity index is 2.54. The molecule has 1 rings (SSSR count). The first-order chi connectivity index (χ1) is 11.2. The van der Waals surface area contributed by atoms with Crippen molar-refractivity contribution in [2.24, 2.45) is 4.99 Å². The monoisotopic (exact) mass is 357 g/mol. The molecular formula is C17H28FN3O2S. The van der Waals surface area contributed by atoms with Crippen LogP contribution < -0.4 is 10.6 Å². The number of halogens is 1. The number of nitrogens with zero attached hydrogens (tertiary/aromatic N) is 1. The Morgan fingerprint density at radius 3 is 2.54 bits per heavy atom.